The van der Waals surface area contributed by atoms with Crippen LogP contribution in [-0.4, -0.2) is 25.6 Å². The number of benzene rings is 2. The van der Waals surface area contributed by atoms with Gasteiger partial charge < -0.3 is 19.2 Å². The number of amides is 1. The highest BCUT2D eigenvalue weighted by molar-refractivity contribution is 5.97. The molecular weight excluding hydrogens is 310 g/mol. The highest BCUT2D eigenvalue weighted by Gasteiger charge is 2.16. The number of para-hydroxylation sites is 3. The van der Waals surface area contributed by atoms with Crippen molar-refractivity contribution in [2.75, 3.05) is 19.0 Å². The fourth-order valence-electron chi connectivity index (χ4n) is 2.22. The average Bonchev–Trinajstić information content (AvgIpc) is 3.04. The second-order valence-corrected chi connectivity index (χ2v) is 4.97. The Morgan fingerprint density at radius 3 is 2.62 bits per heavy atom. The molecule has 0 atom stereocenters. The number of carbonyl (C=O) groups is 2. The smallest absolute Gasteiger partial charge is 0.374 e. The Labute approximate surface area is 138 Å². The van der Waals surface area contributed by atoms with E-state index in [1.807, 2.05) is 18.2 Å². The predicted molar refractivity (Wildman–Crippen MR) is 88.1 cm³/mol. The number of fused-ring (bicyclic) bond motifs is 1. The van der Waals surface area contributed by atoms with E-state index in [2.05, 4.69) is 5.32 Å². The van der Waals surface area contributed by atoms with E-state index in [1.165, 1.54) is 7.11 Å². The fourth-order valence-corrected chi connectivity index (χ4v) is 2.22. The molecule has 0 fully saturated rings. The van der Waals surface area contributed by atoms with Gasteiger partial charge in [0.05, 0.1) is 12.8 Å². The molecule has 0 bridgehead atoms. The van der Waals surface area contributed by atoms with Crippen LogP contribution in [0.25, 0.3) is 11.0 Å². The van der Waals surface area contributed by atoms with Crippen molar-refractivity contribution in [3.63, 3.8) is 0 Å². The van der Waals surface area contributed by atoms with Crippen molar-refractivity contribution in [1.29, 1.82) is 0 Å². The maximum atomic E-state index is 12.0. The van der Waals surface area contributed by atoms with E-state index in [1.54, 1.807) is 36.4 Å². The molecule has 1 aromatic heterocycles. The molecule has 3 rings (SSSR count). The summed E-state index contributed by atoms with van der Waals surface area (Å²) >= 11 is 0. The van der Waals surface area contributed by atoms with Crippen LogP contribution in [-0.2, 0) is 9.53 Å². The van der Waals surface area contributed by atoms with Gasteiger partial charge in [-0.2, -0.15) is 0 Å². The number of ether oxygens (including phenoxy) is 2. The molecule has 2 aromatic carbocycles. The number of hydrogen-bond acceptors (Lipinski definition) is 5. The number of anilines is 1. The first kappa shape index (κ1) is 15.6. The molecule has 0 unspecified atom stereocenters. The zero-order valence-electron chi connectivity index (χ0n) is 12.9. The first-order valence-corrected chi connectivity index (χ1v) is 7.26. The summed E-state index contributed by atoms with van der Waals surface area (Å²) in [6.45, 7) is -0.423. The second kappa shape index (κ2) is 6.87. The third-order valence-electron chi connectivity index (χ3n) is 3.34. The maximum absolute atomic E-state index is 12.0. The summed E-state index contributed by atoms with van der Waals surface area (Å²) in [5, 5.41) is 3.42. The Hall–Kier alpha value is -3.28. The van der Waals surface area contributed by atoms with E-state index < -0.39 is 18.5 Å². The fraction of sp³-hybridized carbons (Fsp3) is 0.111. The van der Waals surface area contributed by atoms with E-state index in [4.69, 9.17) is 13.9 Å². The van der Waals surface area contributed by atoms with Crippen LogP contribution >= 0.6 is 0 Å². The third-order valence-corrected chi connectivity index (χ3v) is 3.34. The number of hydrogen-bond donors (Lipinski definition) is 1. The number of esters is 1. The van der Waals surface area contributed by atoms with Crippen LogP contribution in [0.4, 0.5) is 5.69 Å². The van der Waals surface area contributed by atoms with Crippen molar-refractivity contribution < 1.29 is 23.5 Å². The van der Waals surface area contributed by atoms with Gasteiger partial charge in [0, 0.05) is 5.39 Å². The minimum absolute atomic E-state index is 0.0568. The van der Waals surface area contributed by atoms with Gasteiger partial charge in [0.25, 0.3) is 5.91 Å². The summed E-state index contributed by atoms with van der Waals surface area (Å²) in [5.74, 6) is -0.582. The molecule has 24 heavy (non-hydrogen) atoms. The van der Waals surface area contributed by atoms with E-state index in [0.29, 0.717) is 17.0 Å². The number of carbonyl (C=O) groups excluding carboxylic acids is 2. The van der Waals surface area contributed by atoms with Crippen molar-refractivity contribution in [2.45, 2.75) is 0 Å². The maximum Gasteiger partial charge on any atom is 0.374 e. The molecule has 0 aliphatic carbocycles. The van der Waals surface area contributed by atoms with E-state index in [0.717, 1.165) is 5.39 Å². The highest BCUT2D eigenvalue weighted by atomic mass is 16.5. The van der Waals surface area contributed by atoms with Crippen molar-refractivity contribution in [3.8, 4) is 5.75 Å². The lowest BCUT2D eigenvalue weighted by molar-refractivity contribution is -0.119. The lowest BCUT2D eigenvalue weighted by Crippen LogP contribution is -2.21. The van der Waals surface area contributed by atoms with Crippen LogP contribution in [0.2, 0.25) is 0 Å². The number of rotatable bonds is 5. The van der Waals surface area contributed by atoms with Gasteiger partial charge in [-0.15, -0.1) is 0 Å². The van der Waals surface area contributed by atoms with Gasteiger partial charge in [-0.25, -0.2) is 4.79 Å². The van der Waals surface area contributed by atoms with Crippen LogP contribution < -0.4 is 10.1 Å². The van der Waals surface area contributed by atoms with Gasteiger partial charge in [-0.05, 0) is 24.3 Å². The molecule has 3 aromatic rings. The molecule has 122 valence electrons. The van der Waals surface area contributed by atoms with E-state index in [-0.39, 0.29) is 5.76 Å². The highest BCUT2D eigenvalue weighted by Crippen LogP contribution is 2.23. The summed E-state index contributed by atoms with van der Waals surface area (Å²) in [6, 6.07) is 15.8. The molecule has 0 saturated heterocycles. The van der Waals surface area contributed by atoms with Crippen LogP contribution in [0, 0.1) is 0 Å². The Bertz CT molecular complexity index is 851. The Kier molecular flexibility index (Phi) is 4.47. The number of nitrogens with one attached hydrogen (secondary N) is 1. The van der Waals surface area contributed by atoms with Crippen molar-refractivity contribution in [2.24, 2.45) is 0 Å². The number of furan rings is 1. The van der Waals surface area contributed by atoms with E-state index >= 15 is 0 Å². The molecule has 0 radical (unpaired) electrons. The molecule has 1 amide bonds. The summed E-state index contributed by atoms with van der Waals surface area (Å²) in [6.07, 6.45) is 0. The Balaban J connectivity index is 1.60. The largest absolute Gasteiger partial charge is 0.495 e. The molecule has 1 heterocycles. The van der Waals surface area contributed by atoms with E-state index in [9.17, 15) is 9.59 Å². The third kappa shape index (κ3) is 3.38. The minimum Gasteiger partial charge on any atom is -0.495 e. The summed E-state index contributed by atoms with van der Waals surface area (Å²) in [5.41, 5.74) is 1.09. The van der Waals surface area contributed by atoms with Gasteiger partial charge >= 0.3 is 5.97 Å². The van der Waals surface area contributed by atoms with Gasteiger partial charge in [-0.3, -0.25) is 4.79 Å². The van der Waals surface area contributed by atoms with Crippen LogP contribution in [0.15, 0.2) is 59.0 Å². The lowest BCUT2D eigenvalue weighted by atomic mass is 10.2. The molecule has 6 nitrogen and oxygen atoms in total. The Morgan fingerprint density at radius 1 is 1.08 bits per heavy atom. The van der Waals surface area contributed by atoms with Crippen LogP contribution in [0.5, 0.6) is 5.75 Å². The van der Waals surface area contributed by atoms with Gasteiger partial charge in [0.15, 0.2) is 6.61 Å². The van der Waals surface area contributed by atoms with Gasteiger partial charge in [0.1, 0.15) is 11.3 Å². The first-order valence-electron chi connectivity index (χ1n) is 7.26. The minimum atomic E-state index is -0.693. The van der Waals surface area contributed by atoms with Crippen LogP contribution in [0.1, 0.15) is 10.6 Å². The predicted octanol–water partition coefficient (Wildman–Crippen LogP) is 3.24. The average molecular weight is 325 g/mol. The standard InChI is InChI=1S/C18H15NO5/c1-22-15-9-5-3-7-13(15)19-17(20)11-23-18(21)16-10-12-6-2-4-8-14(12)24-16/h2-10H,11H2,1H3,(H,19,20). The molecule has 1 N–H and O–H groups in total. The van der Waals surface area contributed by atoms with Gasteiger partial charge in [-0.1, -0.05) is 30.3 Å². The normalized spacial score (nSPS) is 10.4. The molecule has 0 aliphatic heterocycles. The van der Waals surface area contributed by atoms with Crippen molar-refractivity contribution in [1.82, 2.24) is 0 Å². The topological polar surface area (TPSA) is 77.8 Å². The quantitative estimate of drug-likeness (QED) is 0.729. The zero-order valence-corrected chi connectivity index (χ0v) is 12.9. The summed E-state index contributed by atoms with van der Waals surface area (Å²) in [4.78, 5) is 23.9. The molecule has 6 heteroatoms. The first-order chi connectivity index (χ1) is 11.7. The zero-order chi connectivity index (χ0) is 16.9. The van der Waals surface area contributed by atoms with Gasteiger partial charge in [0.2, 0.25) is 5.76 Å². The van der Waals surface area contributed by atoms with Crippen molar-refractivity contribution in [3.05, 3.63) is 60.4 Å². The number of methoxy groups -OCH3 is 1. The SMILES string of the molecule is COc1ccccc1NC(=O)COC(=O)c1cc2ccccc2o1. The lowest BCUT2D eigenvalue weighted by Gasteiger charge is -2.09. The monoisotopic (exact) mass is 325 g/mol. The molecule has 0 aliphatic rings. The Morgan fingerprint density at radius 2 is 1.83 bits per heavy atom. The molecule has 0 spiro atoms. The molecule has 0 saturated carbocycles. The second-order valence-electron chi connectivity index (χ2n) is 4.97. The van der Waals surface area contributed by atoms with Crippen LogP contribution in [0.3, 0.4) is 0 Å². The summed E-state index contributed by atoms with van der Waals surface area (Å²) in [7, 11) is 1.51. The van der Waals surface area contributed by atoms with Crippen molar-refractivity contribution >= 4 is 28.5 Å². The summed E-state index contributed by atoms with van der Waals surface area (Å²) < 4.78 is 15.5. The molecular formula is C18H15NO5.